The smallest absolute Gasteiger partial charge is 0.312 e. The van der Waals surface area contributed by atoms with Crippen molar-refractivity contribution in [3.8, 4) is 11.5 Å². The van der Waals surface area contributed by atoms with Crippen molar-refractivity contribution in [3.63, 3.8) is 0 Å². The van der Waals surface area contributed by atoms with E-state index in [-0.39, 0.29) is 17.2 Å². The van der Waals surface area contributed by atoms with Gasteiger partial charge in [-0.2, -0.15) is 0 Å². The van der Waals surface area contributed by atoms with Gasteiger partial charge in [-0.05, 0) is 29.8 Å². The SMILES string of the molecule is O=[N+]([O-])c1cc(Br)ccc1Oc1c(F)cc(CCl)cc1F. The van der Waals surface area contributed by atoms with Crippen molar-refractivity contribution >= 4 is 33.2 Å². The summed E-state index contributed by atoms with van der Waals surface area (Å²) in [5.41, 5.74) is -0.172. The summed E-state index contributed by atoms with van der Waals surface area (Å²) in [6.07, 6.45) is 0. The highest BCUT2D eigenvalue weighted by atomic mass is 79.9. The van der Waals surface area contributed by atoms with Gasteiger partial charge in [0.2, 0.25) is 5.75 Å². The molecule has 0 radical (unpaired) electrons. The molecule has 0 unspecified atom stereocenters. The molecule has 0 aromatic heterocycles. The Morgan fingerprint density at radius 3 is 2.38 bits per heavy atom. The topological polar surface area (TPSA) is 52.4 Å². The standard InChI is InChI=1S/C13H7BrClF2NO3/c14-8-1-2-12(11(5-8)18(19)20)21-13-9(16)3-7(6-15)4-10(13)17/h1-5H,6H2. The maximum Gasteiger partial charge on any atom is 0.312 e. The van der Waals surface area contributed by atoms with E-state index in [0.29, 0.717) is 4.47 Å². The van der Waals surface area contributed by atoms with Crippen LogP contribution < -0.4 is 4.74 Å². The minimum atomic E-state index is -0.983. The predicted octanol–water partition coefficient (Wildman–Crippen LogP) is 5.17. The zero-order valence-corrected chi connectivity index (χ0v) is 12.6. The Morgan fingerprint density at radius 2 is 1.86 bits per heavy atom. The molecule has 0 amide bonds. The molecule has 21 heavy (non-hydrogen) atoms. The Kier molecular flexibility index (Phi) is 4.74. The predicted molar refractivity (Wildman–Crippen MR) is 76.8 cm³/mol. The van der Waals surface area contributed by atoms with Crippen LogP contribution in [0.1, 0.15) is 5.56 Å². The van der Waals surface area contributed by atoms with Crippen molar-refractivity contribution in [2.45, 2.75) is 5.88 Å². The maximum absolute atomic E-state index is 13.8. The zero-order chi connectivity index (χ0) is 15.6. The van der Waals surface area contributed by atoms with E-state index in [1.54, 1.807) is 0 Å². The zero-order valence-electron chi connectivity index (χ0n) is 10.3. The molecule has 0 saturated heterocycles. The summed E-state index contributed by atoms with van der Waals surface area (Å²) in [4.78, 5) is 10.2. The Labute approximate surface area is 131 Å². The van der Waals surface area contributed by atoms with Gasteiger partial charge in [-0.15, -0.1) is 11.6 Å². The van der Waals surface area contributed by atoms with Crippen LogP contribution in [0.25, 0.3) is 0 Å². The summed E-state index contributed by atoms with van der Waals surface area (Å²) < 4.78 is 33.1. The molecule has 2 aromatic carbocycles. The number of rotatable bonds is 4. The highest BCUT2D eigenvalue weighted by molar-refractivity contribution is 9.10. The van der Waals surface area contributed by atoms with Gasteiger partial charge in [0.05, 0.1) is 4.92 Å². The third-order valence-corrected chi connectivity index (χ3v) is 3.34. The van der Waals surface area contributed by atoms with Crippen LogP contribution in [-0.2, 0) is 5.88 Å². The molecule has 0 aliphatic rings. The second-order valence-electron chi connectivity index (χ2n) is 3.99. The molecule has 8 heteroatoms. The van der Waals surface area contributed by atoms with Crippen LogP contribution in [-0.4, -0.2) is 4.92 Å². The number of nitrogens with zero attached hydrogens (tertiary/aromatic N) is 1. The first-order valence-corrected chi connectivity index (χ1v) is 6.91. The molecule has 4 nitrogen and oxygen atoms in total. The van der Waals surface area contributed by atoms with E-state index in [9.17, 15) is 18.9 Å². The fourth-order valence-electron chi connectivity index (χ4n) is 1.62. The number of hydrogen-bond acceptors (Lipinski definition) is 3. The molecule has 0 heterocycles. The van der Waals surface area contributed by atoms with Crippen molar-refractivity contribution in [1.29, 1.82) is 0 Å². The molecule has 0 aliphatic heterocycles. The summed E-state index contributed by atoms with van der Waals surface area (Å²) >= 11 is 8.57. The summed E-state index contributed by atoms with van der Waals surface area (Å²) in [6, 6.07) is 5.91. The number of benzene rings is 2. The van der Waals surface area contributed by atoms with Crippen LogP contribution >= 0.6 is 27.5 Å². The third-order valence-electron chi connectivity index (χ3n) is 2.54. The molecule has 0 saturated carbocycles. The van der Waals surface area contributed by atoms with Crippen LogP contribution in [0.3, 0.4) is 0 Å². The van der Waals surface area contributed by atoms with Crippen molar-refractivity contribution < 1.29 is 18.4 Å². The van der Waals surface area contributed by atoms with E-state index < -0.39 is 28.0 Å². The van der Waals surface area contributed by atoms with Crippen molar-refractivity contribution in [1.82, 2.24) is 0 Å². The van der Waals surface area contributed by atoms with Gasteiger partial charge in [0.1, 0.15) is 0 Å². The van der Waals surface area contributed by atoms with E-state index in [4.69, 9.17) is 16.3 Å². The molecule has 0 fully saturated rings. The van der Waals surface area contributed by atoms with Gasteiger partial charge in [-0.1, -0.05) is 15.9 Å². The average molecular weight is 379 g/mol. The van der Waals surface area contributed by atoms with Crippen molar-refractivity contribution in [2.24, 2.45) is 0 Å². The van der Waals surface area contributed by atoms with E-state index in [0.717, 1.165) is 12.1 Å². The molecular formula is C13H7BrClF2NO3. The van der Waals surface area contributed by atoms with E-state index in [1.807, 2.05) is 0 Å². The first kappa shape index (κ1) is 15.7. The van der Waals surface area contributed by atoms with Crippen LogP contribution in [0.5, 0.6) is 11.5 Å². The molecule has 2 rings (SSSR count). The summed E-state index contributed by atoms with van der Waals surface area (Å²) in [5.74, 6) is -3.01. The molecule has 110 valence electrons. The second kappa shape index (κ2) is 6.36. The molecule has 0 bridgehead atoms. The number of hydrogen-bond donors (Lipinski definition) is 0. The number of nitro groups is 1. The number of alkyl halides is 1. The summed E-state index contributed by atoms with van der Waals surface area (Å²) in [6.45, 7) is 0. The number of nitro benzene ring substituents is 1. The molecule has 0 N–H and O–H groups in total. The van der Waals surface area contributed by atoms with Crippen LogP contribution in [0, 0.1) is 21.7 Å². The van der Waals surface area contributed by atoms with Gasteiger partial charge in [-0.3, -0.25) is 10.1 Å². The van der Waals surface area contributed by atoms with E-state index >= 15 is 0 Å². The minimum absolute atomic E-state index is 0.0629. The molecule has 0 spiro atoms. The van der Waals surface area contributed by atoms with Gasteiger partial charge in [0.15, 0.2) is 17.4 Å². The van der Waals surface area contributed by atoms with Crippen LogP contribution in [0.4, 0.5) is 14.5 Å². The monoisotopic (exact) mass is 377 g/mol. The summed E-state index contributed by atoms with van der Waals surface area (Å²) in [5, 5.41) is 10.9. The Morgan fingerprint density at radius 1 is 1.24 bits per heavy atom. The third kappa shape index (κ3) is 3.48. The first-order valence-electron chi connectivity index (χ1n) is 5.58. The Balaban J connectivity index is 2.46. The molecule has 0 aliphatic carbocycles. The number of ether oxygens (including phenoxy) is 1. The van der Waals surface area contributed by atoms with Gasteiger partial charge in [0.25, 0.3) is 0 Å². The average Bonchev–Trinajstić information content (AvgIpc) is 2.43. The first-order chi connectivity index (χ1) is 9.92. The van der Waals surface area contributed by atoms with Crippen molar-refractivity contribution in [3.05, 3.63) is 62.1 Å². The van der Waals surface area contributed by atoms with Gasteiger partial charge < -0.3 is 4.74 Å². The second-order valence-corrected chi connectivity index (χ2v) is 5.18. The molecular weight excluding hydrogens is 372 g/mol. The lowest BCUT2D eigenvalue weighted by molar-refractivity contribution is -0.385. The fraction of sp³-hybridized carbons (Fsp3) is 0.0769. The normalized spacial score (nSPS) is 10.5. The quantitative estimate of drug-likeness (QED) is 0.419. The van der Waals surface area contributed by atoms with E-state index in [1.165, 1.54) is 18.2 Å². The lowest BCUT2D eigenvalue weighted by Crippen LogP contribution is -1.98. The maximum atomic E-state index is 13.8. The van der Waals surface area contributed by atoms with Gasteiger partial charge in [0, 0.05) is 16.4 Å². The lowest BCUT2D eigenvalue weighted by atomic mass is 10.2. The largest absolute Gasteiger partial charge is 0.444 e. The van der Waals surface area contributed by atoms with E-state index in [2.05, 4.69) is 15.9 Å². The molecule has 2 aromatic rings. The number of halogens is 4. The lowest BCUT2D eigenvalue weighted by Gasteiger charge is -2.09. The Bertz CT molecular complexity index is 689. The van der Waals surface area contributed by atoms with Gasteiger partial charge in [-0.25, -0.2) is 8.78 Å². The summed E-state index contributed by atoms with van der Waals surface area (Å²) in [7, 11) is 0. The minimum Gasteiger partial charge on any atom is -0.444 e. The highest BCUT2D eigenvalue weighted by Crippen LogP contribution is 2.36. The van der Waals surface area contributed by atoms with Crippen molar-refractivity contribution in [2.75, 3.05) is 0 Å². The highest BCUT2D eigenvalue weighted by Gasteiger charge is 2.20. The Hall–Kier alpha value is -1.73. The van der Waals surface area contributed by atoms with Crippen LogP contribution in [0.2, 0.25) is 0 Å². The van der Waals surface area contributed by atoms with Gasteiger partial charge >= 0.3 is 5.69 Å². The fourth-order valence-corrected chi connectivity index (χ4v) is 2.12. The van der Waals surface area contributed by atoms with Crippen LogP contribution in [0.15, 0.2) is 34.8 Å². The molecule has 0 atom stereocenters.